The Morgan fingerprint density at radius 1 is 1.43 bits per heavy atom. The maximum Gasteiger partial charge on any atom is 0.346 e. The molecule has 1 aromatic carbocycles. The summed E-state index contributed by atoms with van der Waals surface area (Å²) in [6.45, 7) is 3.11. The number of aromatic carboxylic acids is 1. The number of benzene rings is 1. The molecule has 2 aromatic rings. The maximum atomic E-state index is 12.5. The highest BCUT2D eigenvalue weighted by molar-refractivity contribution is 7.21. The number of nitrogens with one attached hydrogen (secondary N) is 1. The van der Waals surface area contributed by atoms with E-state index in [1.807, 2.05) is 24.1 Å². The van der Waals surface area contributed by atoms with E-state index in [1.54, 1.807) is 13.0 Å². The van der Waals surface area contributed by atoms with Gasteiger partial charge in [0.1, 0.15) is 10.4 Å². The summed E-state index contributed by atoms with van der Waals surface area (Å²) in [6, 6.07) is 5.43. The zero-order chi connectivity index (χ0) is 16.8. The molecule has 1 fully saturated rings. The van der Waals surface area contributed by atoms with Gasteiger partial charge in [-0.25, -0.2) is 4.79 Å². The molecule has 0 aliphatic carbocycles. The molecule has 0 spiro atoms. The fourth-order valence-electron chi connectivity index (χ4n) is 2.97. The quantitative estimate of drug-likeness (QED) is 0.797. The van der Waals surface area contributed by atoms with Gasteiger partial charge in [-0.1, -0.05) is 0 Å². The maximum absolute atomic E-state index is 12.5. The Kier molecular flexibility index (Phi) is 3.87. The van der Waals surface area contributed by atoms with Crippen LogP contribution in [0.25, 0.3) is 10.1 Å². The number of amides is 1. The number of likely N-dealkylation sites (N-methyl/N-ethyl adjacent to an activating group) is 1. The molecular weight excluding hydrogens is 314 g/mol. The highest BCUT2D eigenvalue weighted by Crippen LogP contribution is 2.33. The number of carboxylic acid groups (broad SMARTS) is 1. The molecule has 1 atom stereocenters. The molecule has 0 unspecified atom stereocenters. The summed E-state index contributed by atoms with van der Waals surface area (Å²) in [4.78, 5) is 26.0. The van der Waals surface area contributed by atoms with Crippen molar-refractivity contribution in [2.24, 2.45) is 5.73 Å². The van der Waals surface area contributed by atoms with Crippen molar-refractivity contribution in [3.63, 3.8) is 0 Å². The summed E-state index contributed by atoms with van der Waals surface area (Å²) in [5.41, 5.74) is 6.68. The number of hydrogen-bond donors (Lipinski definition) is 3. The van der Waals surface area contributed by atoms with Crippen LogP contribution >= 0.6 is 11.3 Å². The lowest BCUT2D eigenvalue weighted by molar-refractivity contribution is -0.120. The van der Waals surface area contributed by atoms with Crippen LogP contribution in [-0.4, -0.2) is 47.6 Å². The lowest BCUT2D eigenvalue weighted by Crippen LogP contribution is -2.52. The number of rotatable bonds is 3. The second-order valence-corrected chi connectivity index (χ2v) is 7.22. The number of hydrogen-bond acceptors (Lipinski definition) is 5. The van der Waals surface area contributed by atoms with Crippen LogP contribution in [0, 0.1) is 6.92 Å². The summed E-state index contributed by atoms with van der Waals surface area (Å²) in [6.07, 6.45) is 0.623. The van der Waals surface area contributed by atoms with Gasteiger partial charge in [-0.05, 0) is 49.5 Å². The Hall–Kier alpha value is -1.96. The Bertz CT molecular complexity index is 801. The lowest BCUT2D eigenvalue weighted by atomic mass is 9.99. The highest BCUT2D eigenvalue weighted by Gasteiger charge is 2.39. The van der Waals surface area contributed by atoms with Crippen LogP contribution in [0.2, 0.25) is 0 Å². The van der Waals surface area contributed by atoms with Gasteiger partial charge < -0.3 is 21.1 Å². The summed E-state index contributed by atoms with van der Waals surface area (Å²) in [5, 5.41) is 12.9. The molecule has 7 heteroatoms. The van der Waals surface area contributed by atoms with Crippen LogP contribution in [0.1, 0.15) is 21.7 Å². The number of carbonyl (C=O) groups is 2. The first-order valence-corrected chi connectivity index (χ1v) is 8.17. The monoisotopic (exact) mass is 333 g/mol. The lowest BCUT2D eigenvalue weighted by Gasteiger charge is -2.22. The third kappa shape index (κ3) is 2.83. The number of likely N-dealkylation sites (tertiary alicyclic amines) is 1. The average molecular weight is 333 g/mol. The Morgan fingerprint density at radius 3 is 2.78 bits per heavy atom. The number of carbonyl (C=O) groups excluding carboxylic acids is 1. The minimum Gasteiger partial charge on any atom is -0.477 e. The van der Waals surface area contributed by atoms with E-state index >= 15 is 0 Å². The predicted molar refractivity (Wildman–Crippen MR) is 91.2 cm³/mol. The fourth-order valence-corrected chi connectivity index (χ4v) is 4.00. The molecule has 3 rings (SSSR count). The molecule has 23 heavy (non-hydrogen) atoms. The van der Waals surface area contributed by atoms with Gasteiger partial charge in [0.15, 0.2) is 0 Å². The second kappa shape index (κ2) is 5.59. The molecule has 1 aromatic heterocycles. The molecule has 0 bridgehead atoms. The van der Waals surface area contributed by atoms with Crippen LogP contribution < -0.4 is 11.1 Å². The van der Waals surface area contributed by atoms with Gasteiger partial charge >= 0.3 is 5.97 Å². The van der Waals surface area contributed by atoms with Gasteiger partial charge in [0, 0.05) is 23.5 Å². The van der Waals surface area contributed by atoms with Gasteiger partial charge in [0.25, 0.3) is 0 Å². The van der Waals surface area contributed by atoms with E-state index in [9.17, 15) is 14.7 Å². The van der Waals surface area contributed by atoms with E-state index in [2.05, 4.69) is 5.32 Å². The number of aryl methyl sites for hydroxylation is 1. The molecular formula is C16H19N3O3S. The van der Waals surface area contributed by atoms with Gasteiger partial charge in [-0.3, -0.25) is 4.79 Å². The molecule has 1 saturated heterocycles. The predicted octanol–water partition coefficient (Wildman–Crippen LogP) is 1.88. The normalized spacial score (nSPS) is 21.7. The summed E-state index contributed by atoms with van der Waals surface area (Å²) in [5.74, 6) is -1.13. The largest absolute Gasteiger partial charge is 0.477 e. The number of anilines is 1. The van der Waals surface area contributed by atoms with E-state index < -0.39 is 11.5 Å². The van der Waals surface area contributed by atoms with Crippen molar-refractivity contribution < 1.29 is 14.7 Å². The number of fused-ring (bicyclic) bond motifs is 1. The summed E-state index contributed by atoms with van der Waals surface area (Å²) < 4.78 is 0.890. The highest BCUT2D eigenvalue weighted by atomic mass is 32.1. The van der Waals surface area contributed by atoms with Gasteiger partial charge in [0.2, 0.25) is 5.91 Å². The molecule has 4 N–H and O–H groups in total. The van der Waals surface area contributed by atoms with Crippen molar-refractivity contribution in [3.8, 4) is 0 Å². The molecule has 0 saturated carbocycles. The van der Waals surface area contributed by atoms with Gasteiger partial charge in [-0.2, -0.15) is 0 Å². The molecule has 122 valence electrons. The third-order valence-corrected chi connectivity index (χ3v) is 5.59. The fraction of sp³-hybridized carbons (Fsp3) is 0.375. The SMILES string of the molecule is Cc1c(C(=O)O)sc2ccc(NC(=O)[C@]3(N)CCN(C)C3)cc12. The van der Waals surface area contributed by atoms with Crippen LogP contribution in [-0.2, 0) is 4.79 Å². The van der Waals surface area contributed by atoms with Crippen LogP contribution in [0.15, 0.2) is 18.2 Å². The Balaban J connectivity index is 1.88. The molecule has 1 amide bonds. The number of nitrogens with two attached hydrogens (primary N) is 1. The van der Waals surface area contributed by atoms with Crippen molar-refractivity contribution in [3.05, 3.63) is 28.6 Å². The third-order valence-electron chi connectivity index (χ3n) is 4.33. The Morgan fingerprint density at radius 2 is 2.17 bits per heavy atom. The minimum atomic E-state index is -0.927. The molecule has 6 nitrogen and oxygen atoms in total. The zero-order valence-electron chi connectivity index (χ0n) is 13.0. The summed E-state index contributed by atoms with van der Waals surface area (Å²) in [7, 11) is 1.94. The van der Waals surface area contributed by atoms with Crippen molar-refractivity contribution in [2.45, 2.75) is 18.9 Å². The van der Waals surface area contributed by atoms with Crippen molar-refractivity contribution in [1.82, 2.24) is 4.90 Å². The van der Waals surface area contributed by atoms with E-state index in [-0.39, 0.29) is 5.91 Å². The van der Waals surface area contributed by atoms with Crippen molar-refractivity contribution >= 4 is 39.0 Å². The van der Waals surface area contributed by atoms with Crippen LogP contribution in [0.5, 0.6) is 0 Å². The first-order chi connectivity index (χ1) is 10.8. The van der Waals surface area contributed by atoms with Crippen molar-refractivity contribution in [1.29, 1.82) is 0 Å². The smallest absolute Gasteiger partial charge is 0.346 e. The first kappa shape index (κ1) is 15.9. The molecule has 0 radical (unpaired) electrons. The van der Waals surface area contributed by atoms with Gasteiger partial charge in [-0.15, -0.1) is 11.3 Å². The molecule has 1 aliphatic heterocycles. The van der Waals surface area contributed by atoms with E-state index in [0.29, 0.717) is 23.5 Å². The summed E-state index contributed by atoms with van der Waals surface area (Å²) >= 11 is 1.24. The number of thiophene rings is 1. The van der Waals surface area contributed by atoms with Crippen LogP contribution in [0.3, 0.4) is 0 Å². The van der Waals surface area contributed by atoms with E-state index in [4.69, 9.17) is 5.73 Å². The topological polar surface area (TPSA) is 95.7 Å². The Labute approximate surface area is 137 Å². The van der Waals surface area contributed by atoms with Gasteiger partial charge in [0.05, 0.1) is 0 Å². The molecule has 1 aliphatic rings. The minimum absolute atomic E-state index is 0.201. The van der Waals surface area contributed by atoms with E-state index in [1.165, 1.54) is 11.3 Å². The number of nitrogens with zero attached hydrogens (tertiary/aromatic N) is 1. The van der Waals surface area contributed by atoms with Crippen LogP contribution in [0.4, 0.5) is 5.69 Å². The average Bonchev–Trinajstić information content (AvgIpc) is 3.01. The zero-order valence-corrected chi connectivity index (χ0v) is 13.9. The first-order valence-electron chi connectivity index (χ1n) is 7.35. The molecule has 2 heterocycles. The second-order valence-electron chi connectivity index (χ2n) is 6.17. The van der Waals surface area contributed by atoms with E-state index in [0.717, 1.165) is 22.2 Å². The number of carboxylic acids is 1. The van der Waals surface area contributed by atoms with Crippen molar-refractivity contribution in [2.75, 3.05) is 25.5 Å². The standard InChI is InChI=1S/C16H19N3O3S/c1-9-11-7-10(3-4-12(11)23-13(9)14(20)21)18-15(22)16(17)5-6-19(2)8-16/h3-4,7H,5-6,8,17H2,1-2H3,(H,18,22)(H,20,21)/t16-/m0/s1.